The second kappa shape index (κ2) is 13.7. The summed E-state index contributed by atoms with van der Waals surface area (Å²) in [6.45, 7) is 11.7. The summed E-state index contributed by atoms with van der Waals surface area (Å²) in [5.74, 6) is 0.00949. The van der Waals surface area contributed by atoms with Gasteiger partial charge >= 0.3 is 12.2 Å². The molecular weight excluding hydrogens is 631 g/mol. The molecule has 258 valence electrons. The van der Waals surface area contributed by atoms with Crippen LogP contribution in [-0.2, 0) is 6.18 Å². The third kappa shape index (κ3) is 7.64. The fourth-order valence-electron chi connectivity index (χ4n) is 6.72. The largest absolute Gasteiger partial charge is 0.416 e. The number of carbonyl (C=O) groups excluding carboxylic acids is 2. The minimum absolute atomic E-state index is 0.000830. The Labute approximate surface area is 284 Å². The maximum absolute atomic E-state index is 13.8. The average Bonchev–Trinajstić information content (AvgIpc) is 3.46. The van der Waals surface area contributed by atoms with Gasteiger partial charge in [-0.05, 0) is 107 Å². The number of urea groups is 1. The van der Waals surface area contributed by atoms with Gasteiger partial charge in [-0.25, -0.2) is 14.8 Å². The van der Waals surface area contributed by atoms with Crippen molar-refractivity contribution in [3.63, 3.8) is 0 Å². The molecule has 2 aliphatic heterocycles. The van der Waals surface area contributed by atoms with Crippen LogP contribution >= 0.6 is 0 Å². The van der Waals surface area contributed by atoms with Crippen molar-refractivity contribution in [1.82, 2.24) is 25.1 Å². The first-order chi connectivity index (χ1) is 23.3. The number of hydrogen-bond acceptors (Lipinski definition) is 6. The smallest absolute Gasteiger partial charge is 0.353 e. The second-order valence-corrected chi connectivity index (χ2v) is 13.8. The van der Waals surface area contributed by atoms with Crippen LogP contribution in [0.2, 0.25) is 0 Å². The number of rotatable bonds is 8. The van der Waals surface area contributed by atoms with E-state index in [2.05, 4.69) is 30.8 Å². The van der Waals surface area contributed by atoms with E-state index in [1.54, 1.807) is 23.2 Å². The minimum atomic E-state index is -4.62. The predicted molar refractivity (Wildman–Crippen MR) is 186 cm³/mol. The van der Waals surface area contributed by atoms with Gasteiger partial charge in [-0.1, -0.05) is 24.6 Å². The molecule has 1 unspecified atom stereocenters. The highest BCUT2D eigenvalue weighted by Crippen LogP contribution is 2.39. The van der Waals surface area contributed by atoms with E-state index < -0.39 is 29.2 Å². The van der Waals surface area contributed by atoms with E-state index >= 15 is 0 Å². The molecule has 12 heteroatoms. The Morgan fingerprint density at radius 2 is 1.78 bits per heavy atom. The zero-order valence-electron chi connectivity index (χ0n) is 28.2. The quantitative estimate of drug-likeness (QED) is 0.178. The molecule has 0 bridgehead atoms. The Bertz CT molecular complexity index is 1870. The van der Waals surface area contributed by atoms with Gasteiger partial charge in [0.25, 0.3) is 5.91 Å². The van der Waals surface area contributed by atoms with Gasteiger partial charge in [0, 0.05) is 53.6 Å². The second-order valence-electron chi connectivity index (χ2n) is 13.8. The van der Waals surface area contributed by atoms with Crippen LogP contribution < -0.4 is 16.0 Å². The molecule has 1 atom stereocenters. The number of piperidine rings is 1. The first-order valence-corrected chi connectivity index (χ1v) is 16.7. The van der Waals surface area contributed by atoms with Gasteiger partial charge in [-0.2, -0.15) is 13.2 Å². The van der Waals surface area contributed by atoms with Crippen LogP contribution in [0, 0.1) is 6.92 Å². The van der Waals surface area contributed by atoms with Gasteiger partial charge in [0.05, 0.1) is 17.1 Å². The lowest BCUT2D eigenvalue weighted by Crippen LogP contribution is -2.44. The number of nitrogens with one attached hydrogen (secondary N) is 3. The number of halogens is 3. The summed E-state index contributed by atoms with van der Waals surface area (Å²) in [6, 6.07) is 13.4. The molecule has 0 saturated carbocycles. The van der Waals surface area contributed by atoms with Crippen LogP contribution in [-0.4, -0.2) is 70.0 Å². The van der Waals surface area contributed by atoms with E-state index in [1.807, 2.05) is 52.0 Å². The number of benzene rings is 3. The SMILES string of the molecule is Cc1ccc(C(=O)Nc2cc(C(F)(F)F)ccc2C2CNC(=O)N2C(C)(C)C)cc1-c1ccc2nc(NCCN3CCCCC3)ncc2c1. The summed E-state index contributed by atoms with van der Waals surface area (Å²) in [5, 5.41) is 9.70. The van der Waals surface area contributed by atoms with Gasteiger partial charge in [0.1, 0.15) is 0 Å². The van der Waals surface area contributed by atoms with E-state index in [4.69, 9.17) is 0 Å². The van der Waals surface area contributed by atoms with Gasteiger partial charge < -0.3 is 25.8 Å². The summed E-state index contributed by atoms with van der Waals surface area (Å²) in [4.78, 5) is 39.7. The molecule has 1 aromatic heterocycles. The number of anilines is 2. The Morgan fingerprint density at radius 1 is 1.00 bits per heavy atom. The maximum Gasteiger partial charge on any atom is 0.416 e. The molecule has 3 aromatic carbocycles. The number of likely N-dealkylation sites (tertiary alicyclic amines) is 1. The van der Waals surface area contributed by atoms with Crippen LogP contribution in [0.5, 0.6) is 0 Å². The van der Waals surface area contributed by atoms with Crippen molar-refractivity contribution in [2.45, 2.75) is 64.7 Å². The normalized spacial score (nSPS) is 17.3. The molecular formula is C37H42F3N7O2. The summed E-state index contributed by atoms with van der Waals surface area (Å²) in [6.07, 6.45) is 0.954. The van der Waals surface area contributed by atoms with Crippen molar-refractivity contribution < 1.29 is 22.8 Å². The summed E-state index contributed by atoms with van der Waals surface area (Å²) >= 11 is 0. The van der Waals surface area contributed by atoms with E-state index in [9.17, 15) is 22.8 Å². The maximum atomic E-state index is 13.8. The molecule has 49 heavy (non-hydrogen) atoms. The molecule has 4 aromatic rings. The number of fused-ring (bicyclic) bond motifs is 1. The molecule has 2 fully saturated rings. The molecule has 0 aliphatic carbocycles. The lowest BCUT2D eigenvalue weighted by molar-refractivity contribution is -0.137. The molecule has 3 heterocycles. The summed E-state index contributed by atoms with van der Waals surface area (Å²) in [7, 11) is 0. The third-order valence-electron chi connectivity index (χ3n) is 9.24. The van der Waals surface area contributed by atoms with E-state index in [0.717, 1.165) is 65.9 Å². The topological polar surface area (TPSA) is 102 Å². The van der Waals surface area contributed by atoms with Crippen molar-refractivity contribution in [3.8, 4) is 11.1 Å². The Balaban J connectivity index is 1.24. The lowest BCUT2D eigenvalue weighted by Gasteiger charge is -2.36. The number of aryl methyl sites for hydroxylation is 1. The zero-order valence-corrected chi connectivity index (χ0v) is 28.2. The number of carbonyl (C=O) groups is 2. The number of aromatic nitrogens is 2. The third-order valence-corrected chi connectivity index (χ3v) is 9.24. The lowest BCUT2D eigenvalue weighted by atomic mass is 9.96. The van der Waals surface area contributed by atoms with Crippen LogP contribution in [0.4, 0.5) is 29.6 Å². The van der Waals surface area contributed by atoms with Gasteiger partial charge in [0.2, 0.25) is 5.95 Å². The van der Waals surface area contributed by atoms with Crippen LogP contribution in [0.15, 0.2) is 60.8 Å². The van der Waals surface area contributed by atoms with Gasteiger partial charge in [0.15, 0.2) is 0 Å². The molecule has 2 saturated heterocycles. The van der Waals surface area contributed by atoms with Crippen molar-refractivity contribution in [3.05, 3.63) is 83.0 Å². The van der Waals surface area contributed by atoms with Crippen LogP contribution in [0.3, 0.4) is 0 Å². The van der Waals surface area contributed by atoms with Gasteiger partial charge in [-0.3, -0.25) is 4.79 Å². The van der Waals surface area contributed by atoms with E-state index in [0.29, 0.717) is 11.5 Å². The Hall–Kier alpha value is -4.71. The predicted octanol–water partition coefficient (Wildman–Crippen LogP) is 7.64. The minimum Gasteiger partial charge on any atom is -0.353 e. The van der Waals surface area contributed by atoms with Crippen molar-refractivity contribution in [2.24, 2.45) is 0 Å². The average molecular weight is 674 g/mol. The molecule has 3 N–H and O–H groups in total. The number of alkyl halides is 3. The number of nitrogens with zero attached hydrogens (tertiary/aromatic N) is 4. The molecule has 2 aliphatic rings. The van der Waals surface area contributed by atoms with Crippen molar-refractivity contribution >= 4 is 34.5 Å². The first kappa shape index (κ1) is 34.2. The standard InChI is InChI=1S/C37H42F3N7O2/c1-23-8-9-25(19-29(23)24-10-13-30-26(18-24)21-42-34(45-30)41-14-17-46-15-6-5-7-16-46)33(48)44-31-20-27(37(38,39)40)11-12-28(31)32-22-43-35(49)47(32)36(2,3)4/h8-13,18-21,32H,5-7,14-17,22H2,1-4H3,(H,43,49)(H,44,48)(H,41,42,45). The fraction of sp³-hybridized carbons (Fsp3) is 0.405. The molecule has 0 radical (unpaired) electrons. The first-order valence-electron chi connectivity index (χ1n) is 16.7. The molecule has 3 amide bonds. The fourth-order valence-corrected chi connectivity index (χ4v) is 6.72. The molecule has 6 rings (SSSR count). The zero-order chi connectivity index (χ0) is 34.9. The van der Waals surface area contributed by atoms with E-state index in [-0.39, 0.29) is 23.8 Å². The molecule has 0 spiro atoms. The monoisotopic (exact) mass is 673 g/mol. The van der Waals surface area contributed by atoms with Crippen molar-refractivity contribution in [2.75, 3.05) is 43.4 Å². The van der Waals surface area contributed by atoms with Crippen LogP contribution in [0.25, 0.3) is 22.0 Å². The Morgan fingerprint density at radius 3 is 2.51 bits per heavy atom. The van der Waals surface area contributed by atoms with E-state index in [1.165, 1.54) is 25.3 Å². The Kier molecular flexibility index (Phi) is 9.52. The highest BCUT2D eigenvalue weighted by Gasteiger charge is 2.41. The highest BCUT2D eigenvalue weighted by atomic mass is 19.4. The number of amides is 3. The van der Waals surface area contributed by atoms with Crippen LogP contribution in [0.1, 0.15) is 73.1 Å². The van der Waals surface area contributed by atoms with Crippen molar-refractivity contribution in [1.29, 1.82) is 0 Å². The number of hydrogen-bond donors (Lipinski definition) is 3. The molecule has 9 nitrogen and oxygen atoms in total. The highest BCUT2D eigenvalue weighted by molar-refractivity contribution is 6.06. The summed E-state index contributed by atoms with van der Waals surface area (Å²) < 4.78 is 41.4. The van der Waals surface area contributed by atoms with Gasteiger partial charge in [-0.15, -0.1) is 0 Å². The summed E-state index contributed by atoms with van der Waals surface area (Å²) in [5.41, 5.74) is 2.54.